The van der Waals surface area contributed by atoms with Crippen molar-refractivity contribution in [1.29, 1.82) is 0 Å². The van der Waals surface area contributed by atoms with Gasteiger partial charge in [0, 0.05) is 19.5 Å². The van der Waals surface area contributed by atoms with Gasteiger partial charge in [-0.2, -0.15) is 0 Å². The standard InChI is InChI=1S/C8H16N2O/c1-2-10-6-3-5-9-8(11)4-7-10/h2-7H2,1H3,(H,9,11). The number of nitrogens with zero attached hydrogens (tertiary/aromatic N) is 1. The number of nitrogens with one attached hydrogen (secondary N) is 1. The molecule has 1 heterocycles. The second-order valence-electron chi connectivity index (χ2n) is 2.89. The van der Waals surface area contributed by atoms with E-state index in [0.29, 0.717) is 6.42 Å². The van der Waals surface area contributed by atoms with E-state index in [0.717, 1.165) is 32.6 Å². The van der Waals surface area contributed by atoms with Crippen LogP contribution in [0.15, 0.2) is 0 Å². The van der Waals surface area contributed by atoms with Crippen molar-refractivity contribution in [2.45, 2.75) is 19.8 Å². The summed E-state index contributed by atoms with van der Waals surface area (Å²) in [6, 6.07) is 0. The SMILES string of the molecule is CCN1CCCNC(=O)CC1. The molecule has 0 radical (unpaired) electrons. The Hall–Kier alpha value is -0.570. The molecule has 0 unspecified atom stereocenters. The number of carbonyl (C=O) groups excluding carboxylic acids is 1. The highest BCUT2D eigenvalue weighted by atomic mass is 16.1. The lowest BCUT2D eigenvalue weighted by molar-refractivity contribution is -0.121. The van der Waals surface area contributed by atoms with Gasteiger partial charge in [0.2, 0.25) is 5.91 Å². The molecule has 1 amide bonds. The maximum absolute atomic E-state index is 11.0. The summed E-state index contributed by atoms with van der Waals surface area (Å²) >= 11 is 0. The molecule has 1 aliphatic rings. The maximum atomic E-state index is 11.0. The molecule has 0 atom stereocenters. The summed E-state index contributed by atoms with van der Waals surface area (Å²) in [4.78, 5) is 13.3. The van der Waals surface area contributed by atoms with E-state index in [2.05, 4.69) is 17.1 Å². The Morgan fingerprint density at radius 1 is 1.55 bits per heavy atom. The van der Waals surface area contributed by atoms with E-state index < -0.39 is 0 Å². The Morgan fingerprint density at radius 3 is 3.09 bits per heavy atom. The zero-order valence-corrected chi connectivity index (χ0v) is 7.10. The van der Waals surface area contributed by atoms with E-state index in [4.69, 9.17) is 0 Å². The molecule has 0 saturated carbocycles. The molecular formula is C8H16N2O. The van der Waals surface area contributed by atoms with Gasteiger partial charge < -0.3 is 10.2 Å². The van der Waals surface area contributed by atoms with Crippen molar-refractivity contribution in [2.24, 2.45) is 0 Å². The van der Waals surface area contributed by atoms with Crippen LogP contribution in [0.5, 0.6) is 0 Å². The van der Waals surface area contributed by atoms with Gasteiger partial charge in [0.05, 0.1) is 0 Å². The molecule has 1 rings (SSSR count). The summed E-state index contributed by atoms with van der Waals surface area (Å²) in [7, 11) is 0. The zero-order valence-electron chi connectivity index (χ0n) is 7.10. The average Bonchev–Trinajstić information content (AvgIpc) is 1.98. The molecule has 1 saturated heterocycles. The minimum atomic E-state index is 0.197. The van der Waals surface area contributed by atoms with Crippen molar-refractivity contribution in [3.8, 4) is 0 Å². The third kappa shape index (κ3) is 2.89. The number of rotatable bonds is 1. The zero-order chi connectivity index (χ0) is 8.10. The molecule has 1 fully saturated rings. The van der Waals surface area contributed by atoms with Gasteiger partial charge in [0.1, 0.15) is 0 Å². The minimum absolute atomic E-state index is 0.197. The molecule has 0 aromatic rings. The van der Waals surface area contributed by atoms with Gasteiger partial charge in [-0.3, -0.25) is 4.79 Å². The maximum Gasteiger partial charge on any atom is 0.221 e. The second-order valence-corrected chi connectivity index (χ2v) is 2.89. The first-order valence-corrected chi connectivity index (χ1v) is 4.32. The van der Waals surface area contributed by atoms with E-state index in [-0.39, 0.29) is 5.91 Å². The summed E-state index contributed by atoms with van der Waals surface area (Å²) in [5, 5.41) is 2.86. The average molecular weight is 156 g/mol. The van der Waals surface area contributed by atoms with Crippen LogP contribution < -0.4 is 5.32 Å². The van der Waals surface area contributed by atoms with Crippen molar-refractivity contribution in [3.05, 3.63) is 0 Å². The first-order chi connectivity index (χ1) is 5.33. The van der Waals surface area contributed by atoms with Crippen LogP contribution in [0, 0.1) is 0 Å². The summed E-state index contributed by atoms with van der Waals surface area (Å²) in [6.07, 6.45) is 1.74. The van der Waals surface area contributed by atoms with Crippen LogP contribution >= 0.6 is 0 Å². The number of hydrogen-bond donors (Lipinski definition) is 1. The van der Waals surface area contributed by atoms with E-state index in [1.165, 1.54) is 0 Å². The van der Waals surface area contributed by atoms with E-state index >= 15 is 0 Å². The third-order valence-corrected chi connectivity index (χ3v) is 2.08. The highest BCUT2D eigenvalue weighted by Gasteiger charge is 2.09. The van der Waals surface area contributed by atoms with Crippen molar-refractivity contribution in [2.75, 3.05) is 26.2 Å². The summed E-state index contributed by atoms with van der Waals surface area (Å²) in [6.45, 7) is 6.08. The highest BCUT2D eigenvalue weighted by Crippen LogP contribution is 1.96. The Morgan fingerprint density at radius 2 is 2.36 bits per heavy atom. The smallest absolute Gasteiger partial charge is 0.221 e. The van der Waals surface area contributed by atoms with E-state index in [1.807, 2.05) is 0 Å². The largest absolute Gasteiger partial charge is 0.356 e. The second kappa shape index (κ2) is 4.34. The highest BCUT2D eigenvalue weighted by molar-refractivity contribution is 5.76. The van der Waals surface area contributed by atoms with Gasteiger partial charge >= 0.3 is 0 Å². The molecule has 1 N–H and O–H groups in total. The number of carbonyl (C=O) groups is 1. The molecule has 0 bridgehead atoms. The van der Waals surface area contributed by atoms with Crippen molar-refractivity contribution < 1.29 is 4.79 Å². The molecule has 0 aromatic carbocycles. The molecule has 11 heavy (non-hydrogen) atoms. The Balaban J connectivity index is 2.31. The Labute approximate surface area is 67.8 Å². The van der Waals surface area contributed by atoms with Crippen LogP contribution in [0.4, 0.5) is 0 Å². The van der Waals surface area contributed by atoms with Gasteiger partial charge in [0.25, 0.3) is 0 Å². The summed E-state index contributed by atoms with van der Waals surface area (Å²) < 4.78 is 0. The van der Waals surface area contributed by atoms with Crippen molar-refractivity contribution >= 4 is 5.91 Å². The normalized spacial score (nSPS) is 22.1. The quantitative estimate of drug-likeness (QED) is 0.589. The first-order valence-electron chi connectivity index (χ1n) is 4.32. The molecule has 3 heteroatoms. The van der Waals surface area contributed by atoms with Crippen LogP contribution in [0.1, 0.15) is 19.8 Å². The van der Waals surface area contributed by atoms with E-state index in [9.17, 15) is 4.79 Å². The number of amides is 1. The molecule has 3 nitrogen and oxygen atoms in total. The molecule has 0 spiro atoms. The summed E-state index contributed by atoms with van der Waals surface area (Å²) in [5.41, 5.74) is 0. The minimum Gasteiger partial charge on any atom is -0.356 e. The Bertz CT molecular complexity index is 136. The van der Waals surface area contributed by atoms with Crippen LogP contribution in [-0.4, -0.2) is 37.0 Å². The fourth-order valence-electron chi connectivity index (χ4n) is 1.31. The fraction of sp³-hybridized carbons (Fsp3) is 0.875. The third-order valence-electron chi connectivity index (χ3n) is 2.08. The molecule has 0 aliphatic carbocycles. The lowest BCUT2D eigenvalue weighted by Crippen LogP contribution is -2.36. The van der Waals surface area contributed by atoms with Gasteiger partial charge in [0.15, 0.2) is 0 Å². The van der Waals surface area contributed by atoms with Crippen molar-refractivity contribution in [1.82, 2.24) is 10.2 Å². The van der Waals surface area contributed by atoms with Crippen LogP contribution in [0.3, 0.4) is 0 Å². The molecule has 0 aromatic heterocycles. The van der Waals surface area contributed by atoms with Crippen LogP contribution in [-0.2, 0) is 4.79 Å². The number of hydrogen-bond acceptors (Lipinski definition) is 2. The lowest BCUT2D eigenvalue weighted by Gasteiger charge is -2.22. The monoisotopic (exact) mass is 156 g/mol. The van der Waals surface area contributed by atoms with Gasteiger partial charge in [-0.25, -0.2) is 0 Å². The molecule has 1 aliphatic heterocycles. The Kier molecular flexibility index (Phi) is 3.36. The first kappa shape index (κ1) is 8.53. The van der Waals surface area contributed by atoms with Gasteiger partial charge in [-0.1, -0.05) is 6.92 Å². The molecule has 64 valence electrons. The predicted molar refractivity (Wildman–Crippen MR) is 44.4 cm³/mol. The van der Waals surface area contributed by atoms with Gasteiger partial charge in [-0.05, 0) is 19.5 Å². The lowest BCUT2D eigenvalue weighted by atomic mass is 10.2. The predicted octanol–water partition coefficient (Wildman–Crippen LogP) is 0.218. The van der Waals surface area contributed by atoms with Crippen LogP contribution in [0.2, 0.25) is 0 Å². The van der Waals surface area contributed by atoms with Gasteiger partial charge in [-0.15, -0.1) is 0 Å². The van der Waals surface area contributed by atoms with E-state index in [1.54, 1.807) is 0 Å². The summed E-state index contributed by atoms with van der Waals surface area (Å²) in [5.74, 6) is 0.197. The topological polar surface area (TPSA) is 32.3 Å². The molecular weight excluding hydrogens is 140 g/mol. The van der Waals surface area contributed by atoms with Crippen LogP contribution in [0.25, 0.3) is 0 Å². The van der Waals surface area contributed by atoms with Crippen molar-refractivity contribution in [3.63, 3.8) is 0 Å². The fourth-order valence-corrected chi connectivity index (χ4v) is 1.31.